The van der Waals surface area contributed by atoms with Crippen LogP contribution in [0, 0.1) is 17.7 Å². The van der Waals surface area contributed by atoms with E-state index in [9.17, 15) is 5.48 Å². The zero-order valence-corrected chi connectivity index (χ0v) is 14.8. The van der Waals surface area contributed by atoms with Crippen molar-refractivity contribution in [2.24, 2.45) is 17.7 Å². The van der Waals surface area contributed by atoms with Gasteiger partial charge in [0.1, 0.15) is 0 Å². The fourth-order valence-electron chi connectivity index (χ4n) is 4.08. The smallest absolute Gasteiger partial charge is 0.0579 e. The van der Waals surface area contributed by atoms with Crippen LogP contribution in [0.1, 0.15) is 58.0 Å². The van der Waals surface area contributed by atoms with Crippen molar-refractivity contribution >= 4 is 34.5 Å². The van der Waals surface area contributed by atoms with E-state index in [1.807, 2.05) is 0 Å². The van der Waals surface area contributed by atoms with Crippen molar-refractivity contribution in [3.63, 3.8) is 0 Å². The van der Waals surface area contributed by atoms with Gasteiger partial charge in [0, 0.05) is 52.9 Å². The van der Waals surface area contributed by atoms with Crippen molar-refractivity contribution in [1.82, 2.24) is 5.32 Å². The van der Waals surface area contributed by atoms with Crippen LogP contribution in [0.25, 0.3) is 5.57 Å². The van der Waals surface area contributed by atoms with Crippen molar-refractivity contribution in [3.05, 3.63) is 46.5 Å². The average molecular weight is 402 g/mol. The number of rotatable bonds is 0. The highest BCUT2D eigenvalue weighted by Gasteiger charge is 2.51. The SMILES string of the molecule is [2H]C12Nc3cc(Cl)ccc3C1=C1C=CC3NC4C([2H])([2H])C([2H])(Cl)C([2H])([2H])C([2H])([2H])C4([2H])C3([2H])C1([2H])C([2H])([2H])C2([2H])[2H]. The second-order valence-electron chi connectivity index (χ2n) is 6.58. The Morgan fingerprint density at radius 3 is 3.04 bits per heavy atom. The normalized spacial score (nSPS) is 74.8. The van der Waals surface area contributed by atoms with Crippen molar-refractivity contribution in [2.75, 3.05) is 5.32 Å². The minimum absolute atomic E-state index is 0.151. The van der Waals surface area contributed by atoms with E-state index in [1.54, 1.807) is 0 Å². The summed E-state index contributed by atoms with van der Waals surface area (Å²) in [6, 6.07) is -2.20. The fraction of sp³-hybridized carbons (Fsp3) is 0.545. The molecule has 7 atom stereocenters. The molecule has 2 fully saturated rings. The summed E-state index contributed by atoms with van der Waals surface area (Å²) >= 11 is 12.2. The van der Waals surface area contributed by atoms with Gasteiger partial charge in [0.25, 0.3) is 0 Å². The van der Waals surface area contributed by atoms with Crippen LogP contribution in [-0.2, 0) is 0 Å². The van der Waals surface area contributed by atoms with Crippen LogP contribution in [0.4, 0.5) is 5.69 Å². The number of hydrogen-bond donors (Lipinski definition) is 2. The van der Waals surface area contributed by atoms with Gasteiger partial charge >= 0.3 is 0 Å². The summed E-state index contributed by atoms with van der Waals surface area (Å²) in [7, 11) is 0. The Bertz CT molecular complexity index is 1480. The minimum Gasteiger partial charge on any atom is -0.378 e. The van der Waals surface area contributed by atoms with E-state index in [4.69, 9.17) is 38.3 Å². The molecule has 1 aromatic rings. The van der Waals surface area contributed by atoms with Crippen LogP contribution in [0.15, 0.2) is 35.9 Å². The maximum absolute atomic E-state index is 9.77. The van der Waals surface area contributed by atoms with Crippen LogP contribution < -0.4 is 10.6 Å². The number of benzene rings is 1. The first kappa shape index (κ1) is 7.13. The molecule has 2 N–H and O–H groups in total. The van der Waals surface area contributed by atoms with E-state index in [-0.39, 0.29) is 21.8 Å². The van der Waals surface area contributed by atoms with E-state index >= 15 is 0 Å². The molecular formula is C22H24Cl2N2. The van der Waals surface area contributed by atoms with E-state index in [2.05, 4.69) is 10.6 Å². The third-order valence-corrected chi connectivity index (χ3v) is 5.59. The molecule has 0 aromatic heterocycles. The molecule has 0 radical (unpaired) electrons. The minimum atomic E-state index is -3.66. The molecule has 6 rings (SSSR count). The number of nitrogens with one attached hydrogen (secondary N) is 2. The molecule has 2 nitrogen and oxygen atoms in total. The molecule has 5 aliphatic rings. The van der Waals surface area contributed by atoms with Gasteiger partial charge in [-0.05, 0) is 72.8 Å². The number of anilines is 1. The van der Waals surface area contributed by atoms with Gasteiger partial charge in [-0.2, -0.15) is 0 Å². The highest BCUT2D eigenvalue weighted by Crippen LogP contribution is 2.54. The average Bonchev–Trinajstić information content (AvgIpc) is 3.28. The molecule has 0 amide bonds. The summed E-state index contributed by atoms with van der Waals surface area (Å²) < 4.78 is 135. The molecule has 2 heterocycles. The van der Waals surface area contributed by atoms with Crippen molar-refractivity contribution in [2.45, 2.75) is 55.3 Å². The number of allylic oxidation sites excluding steroid dienone is 2. The van der Waals surface area contributed by atoms with Crippen LogP contribution in [0.5, 0.6) is 0 Å². The monoisotopic (exact) mass is 401 g/mol. The molecule has 3 aliphatic carbocycles. The molecular weight excluding hydrogens is 363 g/mol. The lowest BCUT2D eigenvalue weighted by atomic mass is 9.63. The topological polar surface area (TPSA) is 24.1 Å². The molecule has 1 saturated carbocycles. The maximum atomic E-state index is 9.77. The second-order valence-corrected chi connectivity index (χ2v) is 7.39. The van der Waals surface area contributed by atoms with Gasteiger partial charge in [0.15, 0.2) is 0 Å². The molecule has 7 unspecified atom stereocenters. The first-order valence-electron chi connectivity index (χ1n) is 15.8. The Balaban J connectivity index is 1.76. The van der Waals surface area contributed by atoms with Crippen molar-refractivity contribution in [1.29, 1.82) is 0 Å². The summed E-state index contributed by atoms with van der Waals surface area (Å²) in [6.07, 6.45) is -15.0. The first-order valence-corrected chi connectivity index (χ1v) is 9.02. The Morgan fingerprint density at radius 1 is 1.19 bits per heavy atom. The van der Waals surface area contributed by atoms with Crippen molar-refractivity contribution < 1.29 is 20.6 Å². The number of hydrogen-bond acceptors (Lipinski definition) is 2. The van der Waals surface area contributed by atoms with E-state index in [1.165, 1.54) is 30.4 Å². The summed E-state index contributed by atoms with van der Waals surface area (Å²) in [5.41, 5.74) is -0.320. The molecule has 2 aliphatic heterocycles. The van der Waals surface area contributed by atoms with Crippen LogP contribution in [0.2, 0.25) is 5.02 Å². The lowest BCUT2D eigenvalue weighted by Gasteiger charge is -2.41. The molecule has 0 bridgehead atoms. The maximum Gasteiger partial charge on any atom is 0.0579 e. The lowest BCUT2D eigenvalue weighted by Crippen LogP contribution is -2.38. The largest absolute Gasteiger partial charge is 0.378 e. The third kappa shape index (κ3) is 2.22. The predicted molar refractivity (Wildman–Crippen MR) is 109 cm³/mol. The molecule has 4 heteroatoms. The van der Waals surface area contributed by atoms with Gasteiger partial charge in [-0.1, -0.05) is 29.8 Å². The van der Waals surface area contributed by atoms with E-state index in [0.717, 1.165) is 0 Å². The standard InChI is InChI=1S/C22H24Cl2N2/c23-11-1-3-15-19(9-11)25-17-7-6-14-13(21(15)17)5-8-18-22(14)16-4-2-12(24)10-20(16)26-18/h1,3,5,8-9,12,14,16-18,20,22,25-26H,2,4,6-7,10H2/i2D2,4D2,6D2,7D2,10D2,12D,14D,16D,17D,22D. The highest BCUT2D eigenvalue weighted by molar-refractivity contribution is 6.31. The van der Waals surface area contributed by atoms with Crippen molar-refractivity contribution in [3.8, 4) is 0 Å². The van der Waals surface area contributed by atoms with E-state index < -0.39 is 78.6 Å². The first-order chi connectivity index (χ1) is 18.3. The van der Waals surface area contributed by atoms with Gasteiger partial charge in [-0.15, -0.1) is 11.6 Å². The number of fused-ring (bicyclic) bond motifs is 8. The Labute approximate surface area is 186 Å². The van der Waals surface area contributed by atoms with Gasteiger partial charge in [0.2, 0.25) is 0 Å². The Morgan fingerprint density at radius 2 is 2.12 bits per heavy atom. The number of alkyl halides is 1. The zero-order valence-electron chi connectivity index (χ0n) is 28.3. The Hall–Kier alpha value is -0.960. The summed E-state index contributed by atoms with van der Waals surface area (Å²) in [6.45, 7) is 0. The molecule has 0 spiro atoms. The second kappa shape index (κ2) is 5.77. The van der Waals surface area contributed by atoms with Gasteiger partial charge < -0.3 is 10.6 Å². The Kier molecular flexibility index (Phi) is 1.58. The molecule has 136 valence electrons. The van der Waals surface area contributed by atoms with Gasteiger partial charge in [-0.25, -0.2) is 0 Å². The third-order valence-electron chi connectivity index (χ3n) is 5.15. The van der Waals surface area contributed by atoms with Gasteiger partial charge in [-0.3, -0.25) is 0 Å². The summed E-state index contributed by atoms with van der Waals surface area (Å²) in [4.78, 5) is 0. The predicted octanol–water partition coefficient (Wildman–Crippen LogP) is 5.23. The molecule has 1 aromatic carbocycles. The van der Waals surface area contributed by atoms with Crippen LogP contribution >= 0.6 is 23.2 Å². The molecule has 1 saturated heterocycles. The molecule has 26 heavy (non-hydrogen) atoms. The van der Waals surface area contributed by atoms with Gasteiger partial charge in [0.05, 0.1) is 7.39 Å². The highest BCUT2D eigenvalue weighted by atomic mass is 35.5. The quantitative estimate of drug-likeness (QED) is 0.581. The van der Waals surface area contributed by atoms with E-state index in [0.29, 0.717) is 0 Å². The lowest BCUT2D eigenvalue weighted by molar-refractivity contribution is 0.212. The number of halogens is 2. The fourth-order valence-corrected chi connectivity index (χ4v) is 4.41. The van der Waals surface area contributed by atoms with Crippen LogP contribution in [0.3, 0.4) is 0 Å². The summed E-state index contributed by atoms with van der Waals surface area (Å²) in [5.74, 6) is -9.77. The summed E-state index contributed by atoms with van der Waals surface area (Å²) in [5, 5.41) is 2.14. The van der Waals surface area contributed by atoms with Crippen LogP contribution in [-0.4, -0.2) is 23.5 Å². The zero-order chi connectivity index (χ0) is 31.0.